The van der Waals surface area contributed by atoms with E-state index in [1.54, 1.807) is 41.1 Å². The lowest BCUT2D eigenvalue weighted by Gasteiger charge is -1.99. The highest BCUT2D eigenvalue weighted by Gasteiger charge is 2.11. The number of methoxy groups -OCH3 is 1. The maximum Gasteiger partial charge on any atom is 0.339 e. The summed E-state index contributed by atoms with van der Waals surface area (Å²) >= 11 is 0. The fourth-order valence-electron chi connectivity index (χ4n) is 2.15. The number of non-ortho nitro benzene ring substituents is 1. The average molecular weight is 297 g/mol. The summed E-state index contributed by atoms with van der Waals surface area (Å²) in [5.41, 5.74) is 2.26. The number of ether oxygens (including phenoxy) is 1. The minimum Gasteiger partial charge on any atom is -0.465 e. The number of pyridine rings is 1. The molecule has 1 aromatic carbocycles. The minimum atomic E-state index is -0.450. The van der Waals surface area contributed by atoms with Gasteiger partial charge in [-0.25, -0.2) is 9.78 Å². The van der Waals surface area contributed by atoms with E-state index in [0.29, 0.717) is 22.5 Å². The summed E-state index contributed by atoms with van der Waals surface area (Å²) in [5, 5.41) is 10.8. The number of benzene rings is 1. The van der Waals surface area contributed by atoms with Gasteiger partial charge in [-0.05, 0) is 12.1 Å². The van der Waals surface area contributed by atoms with Crippen molar-refractivity contribution in [2.24, 2.45) is 0 Å². The minimum absolute atomic E-state index is 0.00445. The van der Waals surface area contributed by atoms with Crippen molar-refractivity contribution >= 4 is 17.3 Å². The molecule has 0 bridgehead atoms. The van der Waals surface area contributed by atoms with Gasteiger partial charge >= 0.3 is 5.97 Å². The molecule has 0 fully saturated rings. The van der Waals surface area contributed by atoms with E-state index in [-0.39, 0.29) is 5.69 Å². The van der Waals surface area contributed by atoms with E-state index in [4.69, 9.17) is 0 Å². The summed E-state index contributed by atoms with van der Waals surface area (Å²) in [7, 11) is 1.31. The smallest absolute Gasteiger partial charge is 0.339 e. The molecule has 7 heteroatoms. The first-order valence-electron chi connectivity index (χ1n) is 6.40. The van der Waals surface area contributed by atoms with Gasteiger partial charge in [0.05, 0.1) is 23.3 Å². The van der Waals surface area contributed by atoms with Crippen molar-refractivity contribution in [1.82, 2.24) is 9.38 Å². The molecule has 0 amide bonds. The molecule has 0 spiro atoms. The summed E-state index contributed by atoms with van der Waals surface area (Å²) in [5.74, 6) is -0.438. The molecule has 7 nitrogen and oxygen atoms in total. The Balaban J connectivity index is 2.07. The summed E-state index contributed by atoms with van der Waals surface area (Å²) in [4.78, 5) is 26.3. The van der Waals surface area contributed by atoms with Crippen molar-refractivity contribution in [2.75, 3.05) is 7.11 Å². The van der Waals surface area contributed by atoms with Gasteiger partial charge in [-0.1, -0.05) is 12.1 Å². The third kappa shape index (κ3) is 2.39. The molecule has 2 aromatic heterocycles. The number of hydrogen-bond acceptors (Lipinski definition) is 5. The first kappa shape index (κ1) is 13.7. The number of esters is 1. The van der Waals surface area contributed by atoms with E-state index in [1.165, 1.54) is 19.2 Å². The van der Waals surface area contributed by atoms with E-state index < -0.39 is 10.9 Å². The van der Waals surface area contributed by atoms with Gasteiger partial charge in [-0.2, -0.15) is 0 Å². The van der Waals surface area contributed by atoms with Crippen LogP contribution in [0.15, 0.2) is 48.8 Å². The van der Waals surface area contributed by atoms with E-state index in [2.05, 4.69) is 9.72 Å². The van der Waals surface area contributed by atoms with Crippen LogP contribution in [0, 0.1) is 10.1 Å². The van der Waals surface area contributed by atoms with Gasteiger partial charge < -0.3 is 9.14 Å². The van der Waals surface area contributed by atoms with Gasteiger partial charge in [-0.15, -0.1) is 0 Å². The number of aromatic nitrogens is 2. The highest BCUT2D eigenvalue weighted by molar-refractivity contribution is 5.89. The van der Waals surface area contributed by atoms with Gasteiger partial charge in [0.1, 0.15) is 5.65 Å². The zero-order chi connectivity index (χ0) is 15.7. The van der Waals surface area contributed by atoms with Crippen LogP contribution in [0.5, 0.6) is 0 Å². The molecule has 0 unspecified atom stereocenters. The summed E-state index contributed by atoms with van der Waals surface area (Å²) < 4.78 is 6.35. The molecule has 0 atom stereocenters. The number of hydrogen-bond donors (Lipinski definition) is 0. The Labute approximate surface area is 124 Å². The summed E-state index contributed by atoms with van der Waals surface area (Å²) in [6.45, 7) is 0. The van der Waals surface area contributed by atoms with Gasteiger partial charge in [0.15, 0.2) is 0 Å². The highest BCUT2D eigenvalue weighted by Crippen LogP contribution is 2.23. The number of imidazole rings is 1. The van der Waals surface area contributed by atoms with Crippen LogP contribution in [0.3, 0.4) is 0 Å². The van der Waals surface area contributed by atoms with E-state index in [9.17, 15) is 14.9 Å². The zero-order valence-electron chi connectivity index (χ0n) is 11.6. The molecular formula is C15H11N3O4. The Morgan fingerprint density at radius 1 is 1.27 bits per heavy atom. The molecule has 0 N–H and O–H groups in total. The van der Waals surface area contributed by atoms with Gasteiger partial charge in [0, 0.05) is 30.1 Å². The maximum absolute atomic E-state index is 11.5. The van der Waals surface area contributed by atoms with Crippen molar-refractivity contribution in [3.8, 4) is 11.3 Å². The molecule has 0 saturated heterocycles. The number of fused-ring (bicyclic) bond motifs is 1. The lowest BCUT2D eigenvalue weighted by Crippen LogP contribution is -2.02. The number of nitro groups is 1. The predicted molar refractivity (Wildman–Crippen MR) is 78.6 cm³/mol. The predicted octanol–water partition coefficient (Wildman–Crippen LogP) is 2.70. The fraction of sp³-hybridized carbons (Fsp3) is 0.0667. The van der Waals surface area contributed by atoms with Crippen LogP contribution in [0.25, 0.3) is 16.9 Å². The molecule has 3 aromatic rings. The zero-order valence-corrected chi connectivity index (χ0v) is 11.6. The second kappa shape index (κ2) is 5.28. The highest BCUT2D eigenvalue weighted by atomic mass is 16.6. The number of nitro benzene ring substituents is 1. The molecule has 0 aliphatic rings. The number of carbonyl (C=O) groups is 1. The molecule has 22 heavy (non-hydrogen) atoms. The SMILES string of the molecule is COC(=O)c1ccc2nc(-c3cccc([N+](=O)[O-])c3)cn2c1. The Morgan fingerprint density at radius 3 is 2.82 bits per heavy atom. The average Bonchev–Trinajstić information content (AvgIpc) is 2.97. The Bertz CT molecular complexity index is 885. The monoisotopic (exact) mass is 297 g/mol. The molecule has 110 valence electrons. The second-order valence-corrected chi connectivity index (χ2v) is 4.61. The molecule has 0 saturated carbocycles. The summed E-state index contributed by atoms with van der Waals surface area (Å²) in [6, 6.07) is 9.55. The first-order valence-corrected chi connectivity index (χ1v) is 6.40. The Hall–Kier alpha value is -3.22. The van der Waals surface area contributed by atoms with Crippen LogP contribution in [-0.4, -0.2) is 27.4 Å². The Morgan fingerprint density at radius 2 is 2.09 bits per heavy atom. The van der Waals surface area contributed by atoms with Crippen molar-refractivity contribution in [3.63, 3.8) is 0 Å². The van der Waals surface area contributed by atoms with Crippen LogP contribution in [0.2, 0.25) is 0 Å². The summed E-state index contributed by atoms with van der Waals surface area (Å²) in [6.07, 6.45) is 3.32. The maximum atomic E-state index is 11.5. The van der Waals surface area contributed by atoms with Crippen molar-refractivity contribution < 1.29 is 14.5 Å². The first-order chi connectivity index (χ1) is 10.6. The van der Waals surface area contributed by atoms with Crippen LogP contribution in [0.1, 0.15) is 10.4 Å². The molecular weight excluding hydrogens is 286 g/mol. The topological polar surface area (TPSA) is 86.7 Å². The van der Waals surface area contributed by atoms with Crippen LogP contribution in [0.4, 0.5) is 5.69 Å². The molecule has 0 aliphatic carbocycles. The lowest BCUT2D eigenvalue weighted by molar-refractivity contribution is -0.384. The van der Waals surface area contributed by atoms with Crippen LogP contribution >= 0.6 is 0 Å². The van der Waals surface area contributed by atoms with E-state index in [1.807, 2.05) is 0 Å². The fourth-order valence-corrected chi connectivity index (χ4v) is 2.15. The normalized spacial score (nSPS) is 10.6. The number of rotatable bonds is 3. The van der Waals surface area contributed by atoms with E-state index >= 15 is 0 Å². The lowest BCUT2D eigenvalue weighted by atomic mass is 10.1. The molecule has 2 heterocycles. The van der Waals surface area contributed by atoms with Crippen molar-refractivity contribution in [2.45, 2.75) is 0 Å². The van der Waals surface area contributed by atoms with E-state index in [0.717, 1.165) is 0 Å². The quantitative estimate of drug-likeness (QED) is 0.421. The van der Waals surface area contributed by atoms with Crippen LogP contribution < -0.4 is 0 Å². The number of carbonyl (C=O) groups excluding carboxylic acids is 1. The number of nitrogens with zero attached hydrogens (tertiary/aromatic N) is 3. The molecule has 0 radical (unpaired) electrons. The molecule has 0 aliphatic heterocycles. The van der Waals surface area contributed by atoms with Gasteiger partial charge in [-0.3, -0.25) is 10.1 Å². The second-order valence-electron chi connectivity index (χ2n) is 4.61. The third-order valence-corrected chi connectivity index (χ3v) is 3.22. The van der Waals surface area contributed by atoms with Crippen LogP contribution in [-0.2, 0) is 4.74 Å². The van der Waals surface area contributed by atoms with Crippen molar-refractivity contribution in [1.29, 1.82) is 0 Å². The largest absolute Gasteiger partial charge is 0.465 e. The Kier molecular flexibility index (Phi) is 3.30. The standard InChI is InChI=1S/C15H11N3O4/c1-22-15(19)11-5-6-14-16-13(9-17(14)8-11)10-3-2-4-12(7-10)18(20)21/h2-9H,1H3. The van der Waals surface area contributed by atoms with Gasteiger partial charge in [0.2, 0.25) is 0 Å². The van der Waals surface area contributed by atoms with Gasteiger partial charge in [0.25, 0.3) is 5.69 Å². The third-order valence-electron chi connectivity index (χ3n) is 3.22. The van der Waals surface area contributed by atoms with Crippen molar-refractivity contribution in [3.05, 3.63) is 64.5 Å². The molecule has 3 rings (SSSR count).